The molecule has 1 heterocycles. The van der Waals surface area contributed by atoms with Gasteiger partial charge in [-0.05, 0) is 31.9 Å². The number of carbonyl (C=O) groups excluding carboxylic acids is 2. The summed E-state index contributed by atoms with van der Waals surface area (Å²) in [5, 5.41) is 0. The fourth-order valence-electron chi connectivity index (χ4n) is 2.98. The first-order valence-corrected chi connectivity index (χ1v) is 7.90. The van der Waals surface area contributed by atoms with E-state index in [9.17, 15) is 9.59 Å². The number of methoxy groups -OCH3 is 2. The molecule has 2 fully saturated rings. The molecule has 1 aromatic rings. The number of nitrogens with zero attached hydrogens (tertiary/aromatic N) is 2. The Morgan fingerprint density at radius 2 is 1.91 bits per heavy atom. The van der Waals surface area contributed by atoms with Crippen LogP contribution in [0.15, 0.2) is 18.2 Å². The number of piperazine rings is 1. The van der Waals surface area contributed by atoms with Crippen LogP contribution >= 0.6 is 0 Å². The minimum Gasteiger partial charge on any atom is -0.497 e. The molecule has 0 aromatic heterocycles. The van der Waals surface area contributed by atoms with E-state index >= 15 is 0 Å². The van der Waals surface area contributed by atoms with Crippen LogP contribution in [0.3, 0.4) is 0 Å². The molecule has 0 spiro atoms. The van der Waals surface area contributed by atoms with Crippen molar-refractivity contribution in [2.45, 2.75) is 25.8 Å². The summed E-state index contributed by atoms with van der Waals surface area (Å²) in [6.45, 7) is 2.80. The number of ether oxygens (including phenoxy) is 2. The first-order chi connectivity index (χ1) is 11.1. The van der Waals surface area contributed by atoms with Crippen molar-refractivity contribution in [2.75, 3.05) is 32.2 Å². The highest BCUT2D eigenvalue weighted by Crippen LogP contribution is 2.36. The van der Waals surface area contributed by atoms with E-state index in [1.165, 1.54) is 0 Å². The fraction of sp³-hybridized carbons (Fsp3) is 0.529. The second kappa shape index (κ2) is 6.10. The third-order valence-electron chi connectivity index (χ3n) is 4.54. The molecule has 0 bridgehead atoms. The monoisotopic (exact) mass is 318 g/mol. The summed E-state index contributed by atoms with van der Waals surface area (Å²) in [7, 11) is 3.16. The van der Waals surface area contributed by atoms with Crippen molar-refractivity contribution in [1.82, 2.24) is 4.90 Å². The Labute approximate surface area is 136 Å². The van der Waals surface area contributed by atoms with E-state index in [0.717, 1.165) is 12.8 Å². The van der Waals surface area contributed by atoms with Crippen LogP contribution in [0.2, 0.25) is 0 Å². The van der Waals surface area contributed by atoms with Crippen LogP contribution in [0.5, 0.6) is 11.5 Å². The van der Waals surface area contributed by atoms with Crippen molar-refractivity contribution in [2.24, 2.45) is 5.92 Å². The SMILES string of the molecule is COc1ccc(OC)c(N2CCN(C(=O)C3CC3)[C@@H](C)C2=O)c1. The molecule has 1 saturated carbocycles. The van der Waals surface area contributed by atoms with Crippen LogP contribution in [-0.4, -0.2) is 50.1 Å². The van der Waals surface area contributed by atoms with Crippen molar-refractivity contribution in [3.63, 3.8) is 0 Å². The third-order valence-corrected chi connectivity index (χ3v) is 4.54. The van der Waals surface area contributed by atoms with Gasteiger partial charge in [0.1, 0.15) is 17.5 Å². The van der Waals surface area contributed by atoms with Crippen molar-refractivity contribution in [3.8, 4) is 11.5 Å². The number of rotatable bonds is 4. The smallest absolute Gasteiger partial charge is 0.249 e. The van der Waals surface area contributed by atoms with E-state index in [2.05, 4.69) is 0 Å². The molecular formula is C17H22N2O4. The first-order valence-electron chi connectivity index (χ1n) is 7.90. The predicted octanol–water partition coefficient (Wildman–Crippen LogP) is 1.68. The Bertz CT molecular complexity index is 627. The van der Waals surface area contributed by atoms with Gasteiger partial charge in [0.25, 0.3) is 0 Å². The van der Waals surface area contributed by atoms with E-state index in [0.29, 0.717) is 30.3 Å². The van der Waals surface area contributed by atoms with E-state index in [1.54, 1.807) is 49.1 Å². The van der Waals surface area contributed by atoms with E-state index in [4.69, 9.17) is 9.47 Å². The van der Waals surface area contributed by atoms with Gasteiger partial charge < -0.3 is 19.3 Å². The summed E-state index contributed by atoms with van der Waals surface area (Å²) in [4.78, 5) is 28.5. The zero-order valence-electron chi connectivity index (χ0n) is 13.7. The number of anilines is 1. The molecule has 2 aliphatic rings. The van der Waals surface area contributed by atoms with Gasteiger partial charge in [0.2, 0.25) is 11.8 Å². The Hall–Kier alpha value is -2.24. The van der Waals surface area contributed by atoms with E-state index in [1.807, 2.05) is 0 Å². The lowest BCUT2D eigenvalue weighted by molar-refractivity contribution is -0.141. The minimum atomic E-state index is -0.451. The van der Waals surface area contributed by atoms with Crippen LogP contribution in [-0.2, 0) is 9.59 Å². The molecule has 0 unspecified atom stereocenters. The summed E-state index contributed by atoms with van der Waals surface area (Å²) < 4.78 is 10.6. The molecule has 23 heavy (non-hydrogen) atoms. The van der Waals surface area contributed by atoms with Crippen LogP contribution in [0, 0.1) is 5.92 Å². The molecule has 0 radical (unpaired) electrons. The Balaban J connectivity index is 1.85. The molecule has 6 nitrogen and oxygen atoms in total. The van der Waals surface area contributed by atoms with Gasteiger partial charge in [-0.15, -0.1) is 0 Å². The lowest BCUT2D eigenvalue weighted by atomic mass is 10.1. The van der Waals surface area contributed by atoms with E-state index < -0.39 is 6.04 Å². The van der Waals surface area contributed by atoms with Crippen molar-refractivity contribution >= 4 is 17.5 Å². The highest BCUT2D eigenvalue weighted by molar-refractivity contribution is 6.01. The molecule has 1 aliphatic heterocycles. The molecule has 0 N–H and O–H groups in total. The van der Waals surface area contributed by atoms with Gasteiger partial charge in [0, 0.05) is 25.1 Å². The van der Waals surface area contributed by atoms with Crippen LogP contribution in [0.1, 0.15) is 19.8 Å². The lowest BCUT2D eigenvalue weighted by Gasteiger charge is -2.39. The molecule has 1 aliphatic carbocycles. The summed E-state index contributed by atoms with van der Waals surface area (Å²) in [6, 6.07) is 4.92. The van der Waals surface area contributed by atoms with Gasteiger partial charge in [0.05, 0.1) is 19.9 Å². The van der Waals surface area contributed by atoms with Crippen LogP contribution in [0.4, 0.5) is 5.69 Å². The molecule has 1 saturated heterocycles. The van der Waals surface area contributed by atoms with Gasteiger partial charge in [-0.2, -0.15) is 0 Å². The lowest BCUT2D eigenvalue weighted by Crippen LogP contribution is -2.58. The normalized spacial score (nSPS) is 21.3. The summed E-state index contributed by atoms with van der Waals surface area (Å²) in [6.07, 6.45) is 1.90. The number of carbonyl (C=O) groups is 2. The highest BCUT2D eigenvalue weighted by atomic mass is 16.5. The molecule has 6 heteroatoms. The summed E-state index contributed by atoms with van der Waals surface area (Å²) in [5.74, 6) is 1.44. The maximum Gasteiger partial charge on any atom is 0.249 e. The minimum absolute atomic E-state index is 0.0863. The maximum absolute atomic E-state index is 12.8. The number of hydrogen-bond donors (Lipinski definition) is 0. The zero-order valence-corrected chi connectivity index (χ0v) is 13.7. The zero-order chi connectivity index (χ0) is 16.6. The summed E-state index contributed by atoms with van der Waals surface area (Å²) >= 11 is 0. The Kier molecular flexibility index (Phi) is 4.15. The first kappa shape index (κ1) is 15.6. The van der Waals surface area contributed by atoms with Gasteiger partial charge in [-0.1, -0.05) is 0 Å². The Morgan fingerprint density at radius 1 is 1.17 bits per heavy atom. The Morgan fingerprint density at radius 3 is 2.52 bits per heavy atom. The van der Waals surface area contributed by atoms with Crippen molar-refractivity contribution in [1.29, 1.82) is 0 Å². The number of amides is 2. The van der Waals surface area contributed by atoms with E-state index in [-0.39, 0.29) is 17.7 Å². The largest absolute Gasteiger partial charge is 0.497 e. The van der Waals surface area contributed by atoms with Gasteiger partial charge in [-0.25, -0.2) is 0 Å². The van der Waals surface area contributed by atoms with Gasteiger partial charge >= 0.3 is 0 Å². The quantitative estimate of drug-likeness (QED) is 0.847. The summed E-state index contributed by atoms with van der Waals surface area (Å²) in [5.41, 5.74) is 0.683. The molecule has 1 atom stereocenters. The molecule has 124 valence electrons. The average molecular weight is 318 g/mol. The second-order valence-corrected chi connectivity index (χ2v) is 6.01. The van der Waals surface area contributed by atoms with Crippen molar-refractivity contribution in [3.05, 3.63) is 18.2 Å². The number of benzene rings is 1. The van der Waals surface area contributed by atoms with Crippen molar-refractivity contribution < 1.29 is 19.1 Å². The molecule has 2 amide bonds. The standard InChI is InChI=1S/C17H22N2O4/c1-11-16(20)19(9-8-18(11)17(21)12-4-5-12)14-10-13(22-2)6-7-15(14)23-3/h6-7,10-12H,4-5,8-9H2,1-3H3/t11-/m0/s1. The second-order valence-electron chi connectivity index (χ2n) is 6.01. The molecule has 3 rings (SSSR count). The van der Waals surface area contributed by atoms with Gasteiger partial charge in [0.15, 0.2) is 0 Å². The predicted molar refractivity (Wildman–Crippen MR) is 85.8 cm³/mol. The third kappa shape index (κ3) is 2.85. The van der Waals surface area contributed by atoms with Crippen LogP contribution < -0.4 is 14.4 Å². The maximum atomic E-state index is 12.8. The fourth-order valence-corrected chi connectivity index (χ4v) is 2.98. The average Bonchev–Trinajstić information content (AvgIpc) is 3.41. The topological polar surface area (TPSA) is 59.1 Å². The molecular weight excluding hydrogens is 296 g/mol. The highest BCUT2D eigenvalue weighted by Gasteiger charge is 2.41. The molecule has 1 aromatic carbocycles. The van der Waals surface area contributed by atoms with Crippen LogP contribution in [0.25, 0.3) is 0 Å². The number of hydrogen-bond acceptors (Lipinski definition) is 4. The van der Waals surface area contributed by atoms with Gasteiger partial charge in [-0.3, -0.25) is 9.59 Å².